The van der Waals surface area contributed by atoms with Crippen LogP contribution in [0, 0.1) is 0 Å². The van der Waals surface area contributed by atoms with Gasteiger partial charge in [0.05, 0.1) is 6.26 Å². The first-order valence-electron chi connectivity index (χ1n) is 6.78. The minimum atomic E-state index is 0.490. The van der Waals surface area contributed by atoms with Crippen molar-refractivity contribution in [1.29, 1.82) is 0 Å². The summed E-state index contributed by atoms with van der Waals surface area (Å²) in [7, 11) is 0. The van der Waals surface area contributed by atoms with Crippen molar-refractivity contribution in [2.75, 3.05) is 6.54 Å². The van der Waals surface area contributed by atoms with Crippen LogP contribution in [-0.4, -0.2) is 12.6 Å². The van der Waals surface area contributed by atoms with Gasteiger partial charge in [-0.05, 0) is 49.2 Å². The van der Waals surface area contributed by atoms with Gasteiger partial charge in [0, 0.05) is 16.9 Å². The zero-order valence-electron chi connectivity index (χ0n) is 11.2. The number of hydrogen-bond donors (Lipinski definition) is 1. The molecule has 1 heterocycles. The fourth-order valence-electron chi connectivity index (χ4n) is 2.28. The first-order valence-corrected chi connectivity index (χ1v) is 7.57. The lowest BCUT2D eigenvalue weighted by Gasteiger charge is -2.17. The number of hydrogen-bond acceptors (Lipinski definition) is 2. The lowest BCUT2D eigenvalue weighted by atomic mass is 10.0. The largest absolute Gasteiger partial charge is 0.469 e. The van der Waals surface area contributed by atoms with Crippen molar-refractivity contribution in [3.63, 3.8) is 0 Å². The number of halogens is 1. The third-order valence-corrected chi connectivity index (χ3v) is 3.68. The number of nitrogens with one attached hydrogen (secondary N) is 1. The molecule has 0 bridgehead atoms. The molecule has 2 rings (SSSR count). The molecule has 19 heavy (non-hydrogen) atoms. The van der Waals surface area contributed by atoms with Gasteiger partial charge in [0.2, 0.25) is 0 Å². The topological polar surface area (TPSA) is 25.2 Å². The number of rotatable bonds is 7. The van der Waals surface area contributed by atoms with Gasteiger partial charge in [-0.1, -0.05) is 35.0 Å². The summed E-state index contributed by atoms with van der Waals surface area (Å²) in [6.07, 6.45) is 4.87. The van der Waals surface area contributed by atoms with Crippen LogP contribution in [-0.2, 0) is 12.8 Å². The van der Waals surface area contributed by atoms with Crippen molar-refractivity contribution in [2.45, 2.75) is 32.2 Å². The molecule has 3 heteroatoms. The van der Waals surface area contributed by atoms with E-state index in [1.165, 1.54) is 5.56 Å². The van der Waals surface area contributed by atoms with Crippen LogP contribution in [0.4, 0.5) is 0 Å². The quantitative estimate of drug-likeness (QED) is 0.827. The number of aryl methyl sites for hydroxylation is 1. The van der Waals surface area contributed by atoms with Gasteiger partial charge in [0.1, 0.15) is 5.76 Å². The maximum atomic E-state index is 5.40. The summed E-state index contributed by atoms with van der Waals surface area (Å²) < 4.78 is 6.54. The van der Waals surface area contributed by atoms with Gasteiger partial charge in [-0.15, -0.1) is 0 Å². The highest BCUT2D eigenvalue weighted by Crippen LogP contribution is 2.15. The fourth-order valence-corrected chi connectivity index (χ4v) is 2.73. The van der Waals surface area contributed by atoms with Gasteiger partial charge < -0.3 is 9.73 Å². The highest BCUT2D eigenvalue weighted by Gasteiger charge is 2.10. The van der Waals surface area contributed by atoms with Crippen molar-refractivity contribution in [3.05, 3.63) is 58.5 Å². The van der Waals surface area contributed by atoms with Gasteiger partial charge in [-0.25, -0.2) is 0 Å². The maximum Gasteiger partial charge on any atom is 0.103 e. The Bertz CT molecular complexity index is 481. The van der Waals surface area contributed by atoms with Crippen LogP contribution in [0.5, 0.6) is 0 Å². The van der Waals surface area contributed by atoms with E-state index >= 15 is 0 Å². The molecule has 1 atom stereocenters. The molecular formula is C16H20BrNO. The van der Waals surface area contributed by atoms with E-state index in [2.05, 4.69) is 52.4 Å². The third kappa shape index (κ3) is 4.84. The second-order valence-electron chi connectivity index (χ2n) is 4.71. The van der Waals surface area contributed by atoms with E-state index in [1.54, 1.807) is 6.26 Å². The van der Waals surface area contributed by atoms with Crippen LogP contribution in [0.1, 0.15) is 24.7 Å². The van der Waals surface area contributed by atoms with Gasteiger partial charge >= 0.3 is 0 Å². The molecule has 2 nitrogen and oxygen atoms in total. The van der Waals surface area contributed by atoms with E-state index in [0.29, 0.717) is 6.04 Å². The van der Waals surface area contributed by atoms with Crippen LogP contribution in [0.25, 0.3) is 0 Å². The van der Waals surface area contributed by atoms with E-state index in [0.717, 1.165) is 36.0 Å². The Hall–Kier alpha value is -1.06. The Morgan fingerprint density at radius 3 is 2.84 bits per heavy atom. The summed E-state index contributed by atoms with van der Waals surface area (Å²) in [5.74, 6) is 1.07. The van der Waals surface area contributed by atoms with Crippen LogP contribution in [0.3, 0.4) is 0 Å². The first kappa shape index (κ1) is 14.4. The first-order chi connectivity index (χ1) is 9.28. The summed E-state index contributed by atoms with van der Waals surface area (Å²) in [6.45, 7) is 3.15. The van der Waals surface area contributed by atoms with Gasteiger partial charge in [0.15, 0.2) is 0 Å². The summed E-state index contributed by atoms with van der Waals surface area (Å²) in [6, 6.07) is 13.0. The van der Waals surface area contributed by atoms with Crippen molar-refractivity contribution in [1.82, 2.24) is 5.32 Å². The minimum absolute atomic E-state index is 0.490. The molecule has 1 aromatic carbocycles. The van der Waals surface area contributed by atoms with Crippen LogP contribution < -0.4 is 5.32 Å². The van der Waals surface area contributed by atoms with Crippen LogP contribution in [0.15, 0.2) is 51.6 Å². The lowest BCUT2D eigenvalue weighted by Crippen LogP contribution is -2.31. The lowest BCUT2D eigenvalue weighted by molar-refractivity contribution is 0.448. The minimum Gasteiger partial charge on any atom is -0.469 e. The Kier molecular flexibility index (Phi) is 5.67. The number of likely N-dealkylation sites (N-methyl/N-ethyl adjacent to an activating group) is 1. The molecular weight excluding hydrogens is 302 g/mol. The van der Waals surface area contributed by atoms with E-state index in [1.807, 2.05) is 12.1 Å². The van der Waals surface area contributed by atoms with E-state index < -0.39 is 0 Å². The predicted molar refractivity (Wildman–Crippen MR) is 82.3 cm³/mol. The van der Waals surface area contributed by atoms with Crippen molar-refractivity contribution in [3.8, 4) is 0 Å². The standard InChI is InChI=1S/C16H20BrNO/c1-2-18-15(8-9-16-7-4-10-19-16)12-13-5-3-6-14(17)11-13/h3-7,10-11,15,18H,2,8-9,12H2,1H3. The zero-order chi connectivity index (χ0) is 13.5. The average molecular weight is 322 g/mol. The summed E-state index contributed by atoms with van der Waals surface area (Å²) in [4.78, 5) is 0. The second-order valence-corrected chi connectivity index (χ2v) is 5.62. The van der Waals surface area contributed by atoms with Crippen LogP contribution >= 0.6 is 15.9 Å². The molecule has 102 valence electrons. The van der Waals surface area contributed by atoms with Gasteiger partial charge in [-0.3, -0.25) is 0 Å². The van der Waals surface area contributed by atoms with E-state index in [-0.39, 0.29) is 0 Å². The van der Waals surface area contributed by atoms with E-state index in [4.69, 9.17) is 4.42 Å². The summed E-state index contributed by atoms with van der Waals surface area (Å²) in [5.41, 5.74) is 1.36. The zero-order valence-corrected chi connectivity index (χ0v) is 12.8. The molecule has 0 aliphatic rings. The van der Waals surface area contributed by atoms with Crippen LogP contribution in [0.2, 0.25) is 0 Å². The summed E-state index contributed by atoms with van der Waals surface area (Å²) >= 11 is 3.53. The third-order valence-electron chi connectivity index (χ3n) is 3.18. The van der Waals surface area contributed by atoms with Gasteiger partial charge in [0.25, 0.3) is 0 Å². The molecule has 0 fully saturated rings. The fraction of sp³-hybridized carbons (Fsp3) is 0.375. The molecule has 0 spiro atoms. The molecule has 0 saturated heterocycles. The second kappa shape index (κ2) is 7.51. The predicted octanol–water partition coefficient (Wildman–Crippen LogP) is 4.20. The average Bonchev–Trinajstić information content (AvgIpc) is 2.89. The Balaban J connectivity index is 1.91. The highest BCUT2D eigenvalue weighted by atomic mass is 79.9. The normalized spacial score (nSPS) is 12.5. The molecule has 0 saturated carbocycles. The molecule has 0 aliphatic carbocycles. The molecule has 1 aromatic heterocycles. The number of furan rings is 1. The summed E-state index contributed by atoms with van der Waals surface area (Å²) in [5, 5.41) is 3.56. The molecule has 0 aliphatic heterocycles. The maximum absolute atomic E-state index is 5.40. The van der Waals surface area contributed by atoms with E-state index in [9.17, 15) is 0 Å². The van der Waals surface area contributed by atoms with Crippen molar-refractivity contribution >= 4 is 15.9 Å². The Labute approximate surface area is 123 Å². The smallest absolute Gasteiger partial charge is 0.103 e. The monoisotopic (exact) mass is 321 g/mol. The molecule has 1 N–H and O–H groups in total. The molecule has 2 aromatic rings. The number of benzene rings is 1. The van der Waals surface area contributed by atoms with Crippen molar-refractivity contribution in [2.24, 2.45) is 0 Å². The molecule has 0 amide bonds. The molecule has 0 radical (unpaired) electrons. The highest BCUT2D eigenvalue weighted by molar-refractivity contribution is 9.10. The molecule has 1 unspecified atom stereocenters. The Morgan fingerprint density at radius 2 is 2.16 bits per heavy atom. The Morgan fingerprint density at radius 1 is 1.26 bits per heavy atom. The van der Waals surface area contributed by atoms with Gasteiger partial charge in [-0.2, -0.15) is 0 Å². The SMILES string of the molecule is CCNC(CCc1ccco1)Cc1cccc(Br)c1. The van der Waals surface area contributed by atoms with Crippen molar-refractivity contribution < 1.29 is 4.42 Å².